The second-order valence-electron chi connectivity index (χ2n) is 7.13. The van der Waals surface area contributed by atoms with Gasteiger partial charge in [-0.15, -0.1) is 24.0 Å². The zero-order valence-electron chi connectivity index (χ0n) is 19.7. The minimum absolute atomic E-state index is 0. The Bertz CT molecular complexity index is 869. The summed E-state index contributed by atoms with van der Waals surface area (Å²) in [5, 5.41) is 15.9. The van der Waals surface area contributed by atoms with Gasteiger partial charge in [-0.25, -0.2) is 4.99 Å². The number of nitrogens with one attached hydrogen (secondary N) is 2. The number of benzene rings is 2. The Kier molecular flexibility index (Phi) is 14.7. The highest BCUT2D eigenvalue weighted by Crippen LogP contribution is 2.16. The molecule has 33 heavy (non-hydrogen) atoms. The van der Waals surface area contributed by atoms with Crippen molar-refractivity contribution in [3.8, 4) is 17.6 Å². The van der Waals surface area contributed by atoms with E-state index in [1.54, 1.807) is 7.11 Å². The van der Waals surface area contributed by atoms with Crippen LogP contribution < -0.4 is 20.1 Å². The molecular weight excluding hydrogens is 531 g/mol. The zero-order valence-corrected chi connectivity index (χ0v) is 22.0. The summed E-state index contributed by atoms with van der Waals surface area (Å²) in [6, 6.07) is 17.8. The molecule has 1 unspecified atom stereocenters. The first-order chi connectivity index (χ1) is 15.7. The second-order valence-corrected chi connectivity index (χ2v) is 7.13. The van der Waals surface area contributed by atoms with Gasteiger partial charge in [0.25, 0.3) is 0 Å². The lowest BCUT2D eigenvalue weighted by Crippen LogP contribution is -2.37. The number of hydrogen-bond acceptors (Lipinski definition) is 5. The van der Waals surface area contributed by atoms with E-state index in [4.69, 9.17) is 24.5 Å². The highest BCUT2D eigenvalue weighted by Gasteiger charge is 2.07. The number of nitrogens with zero attached hydrogens (tertiary/aromatic N) is 2. The van der Waals surface area contributed by atoms with Gasteiger partial charge in [0.15, 0.2) is 12.1 Å². The lowest BCUT2D eigenvalue weighted by atomic mass is 10.2. The van der Waals surface area contributed by atoms with Crippen LogP contribution in [0, 0.1) is 11.3 Å². The first-order valence-electron chi connectivity index (χ1n) is 11.1. The molecule has 0 heterocycles. The Labute approximate surface area is 214 Å². The van der Waals surface area contributed by atoms with Gasteiger partial charge in [0.2, 0.25) is 0 Å². The molecule has 180 valence electrons. The fourth-order valence-electron chi connectivity index (χ4n) is 2.88. The molecular formula is C25H35IN4O3. The predicted octanol–water partition coefficient (Wildman–Crippen LogP) is 4.66. The van der Waals surface area contributed by atoms with Gasteiger partial charge in [-0.1, -0.05) is 31.2 Å². The van der Waals surface area contributed by atoms with Crippen molar-refractivity contribution in [3.63, 3.8) is 0 Å². The lowest BCUT2D eigenvalue weighted by molar-refractivity contribution is 0.145. The topological polar surface area (TPSA) is 87.9 Å². The number of guanidine groups is 1. The van der Waals surface area contributed by atoms with Gasteiger partial charge in [-0.05, 0) is 55.2 Å². The zero-order chi connectivity index (χ0) is 23.0. The average molecular weight is 566 g/mol. The molecule has 7 nitrogen and oxygen atoms in total. The number of halogens is 1. The van der Waals surface area contributed by atoms with Crippen LogP contribution in [0.25, 0.3) is 0 Å². The van der Waals surface area contributed by atoms with Crippen LogP contribution in [0.3, 0.4) is 0 Å². The molecule has 2 rings (SSSR count). The van der Waals surface area contributed by atoms with Crippen molar-refractivity contribution in [2.24, 2.45) is 4.99 Å². The van der Waals surface area contributed by atoms with Gasteiger partial charge in [0, 0.05) is 26.3 Å². The number of rotatable bonds is 13. The minimum Gasteiger partial charge on any atom is -0.497 e. The molecule has 0 fully saturated rings. The molecule has 0 amide bonds. The standard InChI is InChI=1S/C25H34N4O3.HI/c1-4-22(17-26)32-24-9-6-8-21(16-24)19-29-25(27-14-7-15-31-5-2)28-18-20-10-12-23(30-3)13-11-20;/h6,8-13,16,22H,4-5,7,14-15,18-19H2,1-3H3,(H2,27,28,29);1H. The summed E-state index contributed by atoms with van der Waals surface area (Å²) in [6.45, 7) is 7.26. The quantitative estimate of drug-likeness (QED) is 0.159. The Morgan fingerprint density at radius 2 is 1.85 bits per heavy atom. The van der Waals surface area contributed by atoms with E-state index in [2.05, 4.69) is 16.7 Å². The Hall–Kier alpha value is -2.51. The van der Waals surface area contributed by atoms with Gasteiger partial charge in [-0.3, -0.25) is 0 Å². The third-order valence-electron chi connectivity index (χ3n) is 4.69. The van der Waals surface area contributed by atoms with Gasteiger partial charge in [-0.2, -0.15) is 5.26 Å². The van der Waals surface area contributed by atoms with E-state index in [1.807, 2.05) is 62.4 Å². The molecule has 0 aromatic heterocycles. The summed E-state index contributed by atoms with van der Waals surface area (Å²) in [5.41, 5.74) is 2.14. The van der Waals surface area contributed by atoms with Crippen LogP contribution in [-0.4, -0.2) is 38.9 Å². The number of ether oxygens (including phenoxy) is 3. The maximum Gasteiger partial charge on any atom is 0.191 e. The molecule has 0 saturated carbocycles. The number of hydrogen-bond donors (Lipinski definition) is 2. The molecule has 0 aliphatic rings. The average Bonchev–Trinajstić information content (AvgIpc) is 2.84. The lowest BCUT2D eigenvalue weighted by Gasteiger charge is -2.14. The Morgan fingerprint density at radius 1 is 1.06 bits per heavy atom. The normalized spacial score (nSPS) is 11.6. The van der Waals surface area contributed by atoms with E-state index < -0.39 is 6.10 Å². The van der Waals surface area contributed by atoms with Crippen molar-refractivity contribution in [3.05, 3.63) is 59.7 Å². The van der Waals surface area contributed by atoms with Crippen LogP contribution in [0.2, 0.25) is 0 Å². The van der Waals surface area contributed by atoms with E-state index >= 15 is 0 Å². The smallest absolute Gasteiger partial charge is 0.191 e. The summed E-state index contributed by atoms with van der Waals surface area (Å²) < 4.78 is 16.4. The third kappa shape index (κ3) is 11.3. The summed E-state index contributed by atoms with van der Waals surface area (Å²) in [4.78, 5) is 4.73. The largest absolute Gasteiger partial charge is 0.497 e. The van der Waals surface area contributed by atoms with Gasteiger partial charge in [0.05, 0.1) is 13.7 Å². The molecule has 0 saturated heterocycles. The van der Waals surface area contributed by atoms with Crippen LogP contribution >= 0.6 is 24.0 Å². The van der Waals surface area contributed by atoms with Gasteiger partial charge >= 0.3 is 0 Å². The van der Waals surface area contributed by atoms with Crippen LogP contribution in [0.15, 0.2) is 53.5 Å². The summed E-state index contributed by atoms with van der Waals surface area (Å²) in [7, 11) is 1.66. The van der Waals surface area contributed by atoms with E-state index in [0.29, 0.717) is 31.9 Å². The third-order valence-corrected chi connectivity index (χ3v) is 4.69. The van der Waals surface area contributed by atoms with E-state index in [-0.39, 0.29) is 24.0 Å². The Balaban J connectivity index is 0.00000544. The highest BCUT2D eigenvalue weighted by molar-refractivity contribution is 14.0. The first kappa shape index (κ1) is 28.5. The predicted molar refractivity (Wildman–Crippen MR) is 142 cm³/mol. The van der Waals surface area contributed by atoms with Crippen molar-refractivity contribution < 1.29 is 14.2 Å². The van der Waals surface area contributed by atoms with E-state index in [9.17, 15) is 0 Å². The molecule has 0 radical (unpaired) electrons. The van der Waals surface area contributed by atoms with Crippen molar-refractivity contribution >= 4 is 29.9 Å². The number of methoxy groups -OCH3 is 1. The summed E-state index contributed by atoms with van der Waals surface area (Å²) >= 11 is 0. The molecule has 1 atom stereocenters. The van der Waals surface area contributed by atoms with Crippen LogP contribution in [0.4, 0.5) is 0 Å². The monoisotopic (exact) mass is 566 g/mol. The summed E-state index contributed by atoms with van der Waals surface area (Å²) in [6.07, 6.45) is 1.10. The number of aliphatic imine (C=N–C) groups is 1. The van der Waals surface area contributed by atoms with E-state index in [0.717, 1.165) is 42.4 Å². The molecule has 0 aliphatic carbocycles. The molecule has 2 N–H and O–H groups in total. The minimum atomic E-state index is -0.442. The van der Waals surface area contributed by atoms with Gasteiger partial charge in [0.1, 0.15) is 17.6 Å². The molecule has 8 heteroatoms. The molecule has 2 aromatic rings. The SMILES string of the molecule is CCOCCCNC(=NCc1cccc(OC(C#N)CC)c1)NCc1ccc(OC)cc1.I. The van der Waals surface area contributed by atoms with Gasteiger partial charge < -0.3 is 24.8 Å². The van der Waals surface area contributed by atoms with Crippen molar-refractivity contribution in [1.29, 1.82) is 5.26 Å². The van der Waals surface area contributed by atoms with Crippen molar-refractivity contribution in [2.75, 3.05) is 26.9 Å². The van der Waals surface area contributed by atoms with E-state index in [1.165, 1.54) is 0 Å². The molecule has 0 bridgehead atoms. The maximum absolute atomic E-state index is 9.12. The van der Waals surface area contributed by atoms with Crippen molar-refractivity contribution in [1.82, 2.24) is 10.6 Å². The fraction of sp³-hybridized carbons (Fsp3) is 0.440. The fourth-order valence-corrected chi connectivity index (χ4v) is 2.88. The first-order valence-corrected chi connectivity index (χ1v) is 11.1. The maximum atomic E-state index is 9.12. The number of nitriles is 1. The molecule has 0 spiro atoms. The Morgan fingerprint density at radius 3 is 2.52 bits per heavy atom. The van der Waals surface area contributed by atoms with Crippen LogP contribution in [0.5, 0.6) is 11.5 Å². The van der Waals surface area contributed by atoms with Crippen LogP contribution in [-0.2, 0) is 17.8 Å². The highest BCUT2D eigenvalue weighted by atomic mass is 127. The van der Waals surface area contributed by atoms with Crippen LogP contribution in [0.1, 0.15) is 37.8 Å². The second kappa shape index (κ2) is 17.0. The molecule has 2 aromatic carbocycles. The molecule has 0 aliphatic heterocycles. The summed E-state index contributed by atoms with van der Waals surface area (Å²) in [5.74, 6) is 2.25. The van der Waals surface area contributed by atoms with Crippen molar-refractivity contribution in [2.45, 2.75) is 45.9 Å².